The highest BCUT2D eigenvalue weighted by molar-refractivity contribution is 6.34. The number of ether oxygens (including phenoxy) is 8. The van der Waals surface area contributed by atoms with Crippen molar-refractivity contribution in [1.82, 2.24) is 60.8 Å². The molecule has 38 heteroatoms. The van der Waals surface area contributed by atoms with Crippen LogP contribution in [0.1, 0.15) is 158 Å². The molecule has 0 aliphatic rings. The molecule has 0 unspecified atom stereocenters. The first kappa shape index (κ1) is 107. The molecule has 0 aliphatic carbocycles. The monoisotopic (exact) mass is 2080 g/mol. The molecular weight excluding hydrogens is 2000 g/mol. The van der Waals surface area contributed by atoms with Crippen molar-refractivity contribution < 1.29 is 93.8 Å². The number of pyridine rings is 6. The van der Waals surface area contributed by atoms with Crippen molar-refractivity contribution in [2.75, 3.05) is 14.2 Å². The molecule has 0 saturated carbocycles. The highest BCUT2D eigenvalue weighted by Gasteiger charge is 2.24. The zero-order chi connectivity index (χ0) is 104. The van der Waals surface area contributed by atoms with Crippen LogP contribution in [-0.4, -0.2) is 111 Å². The Morgan fingerprint density at radius 2 is 0.562 bits per heavy atom. The predicted molar refractivity (Wildman–Crippen MR) is 542 cm³/mol. The van der Waals surface area contributed by atoms with Gasteiger partial charge < -0.3 is 65.0 Å². The molecule has 18 rings (SSSR count). The van der Waals surface area contributed by atoms with Crippen molar-refractivity contribution in [3.05, 3.63) is 412 Å². The highest BCUT2D eigenvalue weighted by atomic mass is 35.5. The first-order chi connectivity index (χ1) is 70.4. The normalized spacial score (nSPS) is 10.7. The van der Waals surface area contributed by atoms with Crippen molar-refractivity contribution in [2.24, 2.45) is 0 Å². The summed E-state index contributed by atoms with van der Waals surface area (Å²) in [6.45, 7) is 16.5. The third kappa shape index (κ3) is 30.1. The van der Waals surface area contributed by atoms with Crippen LogP contribution in [0.2, 0.25) is 30.9 Å². The Balaban J connectivity index is 0.000000147. The van der Waals surface area contributed by atoms with E-state index in [-0.39, 0.29) is 109 Å². The lowest BCUT2D eigenvalue weighted by atomic mass is 9.86. The average molecular weight is 2090 g/mol. The number of para-hydroxylation sites is 1. The standard InChI is InChI=1S/C20H19ClN2O3.C19H17ClN2O3.C18H15ClN2O3.2C17H13ClN2O4.C17H13ClN2O3/c1-20(2,3)14-8-6-13(7-9-14)17-11-15(26-23-17)12-25-19(24)16-5-4-10-22-18(16)21;1-11-7-12(2)17(13(3)8-11)16-9-14(25-22-16)10-24-19(23)15-5-4-6-21-18(15)20;1-2-12-5-7-13(8-6-12)16-10-14(24-21-16)11-23-18(22)15-4-3-9-20-17(15)19;1-22-12-6-4-11(5-7-12)15-9-13(24-20-15)10-23-17(21)14-3-2-8-19-16(14)18;1-22-15-7-3-2-5-12(15)14-9-11(24-20-14)10-23-17(21)13-6-4-8-19-16(13)18;1-11-4-6-12(7-5-11)15-9-13(23-20-15)10-22-17(21)14-3-2-8-19-16(14)18/h4-11H,12H2,1-3H3;4-9H,10H2,1-3H3;3-10H,2,11H2,1H3;2*2-9H,10H2,1H3;2-9H,10H2,1H3. The van der Waals surface area contributed by atoms with Crippen LogP contribution in [0, 0.1) is 27.7 Å². The van der Waals surface area contributed by atoms with E-state index in [0.717, 1.165) is 62.4 Å². The Hall–Kier alpha value is -16.4. The second-order valence-electron chi connectivity index (χ2n) is 32.5. The maximum absolute atomic E-state index is 12.1. The van der Waals surface area contributed by atoms with Gasteiger partial charge in [-0.15, -0.1) is 0 Å². The van der Waals surface area contributed by atoms with Crippen molar-refractivity contribution in [2.45, 2.75) is 107 Å². The summed E-state index contributed by atoms with van der Waals surface area (Å²) in [6, 6.07) is 72.6. The maximum Gasteiger partial charge on any atom is 0.341 e. The molecule has 6 aromatic carbocycles. The highest BCUT2D eigenvalue weighted by Crippen LogP contribution is 2.35. The number of methoxy groups -OCH3 is 2. The van der Waals surface area contributed by atoms with E-state index in [0.29, 0.717) is 68.8 Å². The molecule has 0 saturated heterocycles. The van der Waals surface area contributed by atoms with E-state index in [4.69, 9.17) is 135 Å². The van der Waals surface area contributed by atoms with E-state index in [1.54, 1.807) is 117 Å². The largest absolute Gasteiger partial charge is 0.497 e. The van der Waals surface area contributed by atoms with Crippen molar-refractivity contribution in [3.63, 3.8) is 0 Å². The molecule has 0 radical (unpaired) electrons. The van der Waals surface area contributed by atoms with Gasteiger partial charge in [0.05, 0.1) is 47.6 Å². The SMILES string of the molecule is CC(C)(C)c1ccc(-c2cc(COC(=O)c3cccnc3Cl)on2)cc1.CCc1ccc(-c2cc(COC(=O)c3cccnc3Cl)on2)cc1.COc1ccc(-c2cc(COC(=O)c3cccnc3Cl)on2)cc1.COc1ccccc1-c1cc(COC(=O)c2cccnc2Cl)on1.Cc1cc(C)c(-c2cc(COC(=O)c3cccnc3Cl)on2)c(C)c1.Cc1ccc(-c2cc(COC(=O)c3cccnc3Cl)on2)cc1. The number of aryl methyl sites for hydroxylation is 5. The van der Waals surface area contributed by atoms with Gasteiger partial charge in [-0.05, 0) is 171 Å². The van der Waals surface area contributed by atoms with Gasteiger partial charge in [0, 0.05) is 107 Å². The molecule has 744 valence electrons. The molecule has 146 heavy (non-hydrogen) atoms. The summed E-state index contributed by atoms with van der Waals surface area (Å²) in [4.78, 5) is 95.0. The van der Waals surface area contributed by atoms with Gasteiger partial charge in [-0.1, -0.05) is 236 Å². The van der Waals surface area contributed by atoms with Crippen LogP contribution >= 0.6 is 69.6 Å². The van der Waals surface area contributed by atoms with Gasteiger partial charge >= 0.3 is 35.8 Å². The maximum atomic E-state index is 12.1. The molecule has 0 spiro atoms. The minimum atomic E-state index is -0.580. The number of carbonyl (C=O) groups excluding carboxylic acids is 6. The molecule has 0 atom stereocenters. The van der Waals surface area contributed by atoms with E-state index in [9.17, 15) is 28.8 Å². The Labute approximate surface area is 866 Å². The minimum Gasteiger partial charge on any atom is -0.497 e. The smallest absolute Gasteiger partial charge is 0.341 e. The molecular formula is C108H90Cl6N12O20. The molecule has 32 nitrogen and oxygen atoms in total. The summed E-state index contributed by atoms with van der Waals surface area (Å²) >= 11 is 35.2. The summed E-state index contributed by atoms with van der Waals surface area (Å²) in [6.07, 6.45) is 10.00. The first-order valence-electron chi connectivity index (χ1n) is 44.5. The van der Waals surface area contributed by atoms with Crippen LogP contribution in [0.3, 0.4) is 0 Å². The summed E-state index contributed by atoms with van der Waals surface area (Å²) in [5.41, 5.74) is 18.0. The fourth-order valence-corrected chi connectivity index (χ4v) is 14.7. The zero-order valence-corrected chi connectivity index (χ0v) is 84.3. The first-order valence-corrected chi connectivity index (χ1v) is 46.8. The Bertz CT molecular complexity index is 7330. The quantitative estimate of drug-likeness (QED) is 0.0262. The average Bonchev–Trinajstić information content (AvgIpc) is 1.63. The van der Waals surface area contributed by atoms with Gasteiger partial charge in [0.2, 0.25) is 0 Å². The van der Waals surface area contributed by atoms with Crippen LogP contribution in [0.4, 0.5) is 0 Å². The number of halogens is 6. The summed E-state index contributed by atoms with van der Waals surface area (Å²) in [5, 5.41) is 24.7. The second kappa shape index (κ2) is 52.1. The lowest BCUT2D eigenvalue weighted by Gasteiger charge is -2.18. The number of hydrogen-bond acceptors (Lipinski definition) is 32. The summed E-state index contributed by atoms with van der Waals surface area (Å²) < 4.78 is 72.9. The number of nitrogens with zero attached hydrogens (tertiary/aromatic N) is 12. The topological polar surface area (TPSA) is 410 Å². The van der Waals surface area contributed by atoms with Crippen LogP contribution in [0.15, 0.2) is 307 Å². The van der Waals surface area contributed by atoms with Crippen LogP contribution in [-0.2, 0) is 79.9 Å². The number of esters is 6. The zero-order valence-electron chi connectivity index (χ0n) is 79.8. The molecule has 0 N–H and O–H groups in total. The van der Waals surface area contributed by atoms with E-state index < -0.39 is 35.8 Å². The van der Waals surface area contributed by atoms with E-state index in [1.165, 1.54) is 65.5 Å². The molecule has 12 aromatic heterocycles. The van der Waals surface area contributed by atoms with Crippen LogP contribution in [0.25, 0.3) is 67.5 Å². The summed E-state index contributed by atoms with van der Waals surface area (Å²) in [7, 11) is 3.19. The van der Waals surface area contributed by atoms with Crippen molar-refractivity contribution >= 4 is 105 Å². The Morgan fingerprint density at radius 3 is 0.849 bits per heavy atom. The number of benzene rings is 6. The van der Waals surface area contributed by atoms with Crippen LogP contribution in [0.5, 0.6) is 11.5 Å². The number of carbonyl (C=O) groups is 6. The van der Waals surface area contributed by atoms with E-state index in [2.05, 4.69) is 120 Å². The van der Waals surface area contributed by atoms with E-state index in [1.807, 2.05) is 130 Å². The Morgan fingerprint density at radius 1 is 0.295 bits per heavy atom. The van der Waals surface area contributed by atoms with Gasteiger partial charge in [0.1, 0.15) is 76.6 Å². The van der Waals surface area contributed by atoms with E-state index >= 15 is 0 Å². The van der Waals surface area contributed by atoms with Gasteiger partial charge in [-0.25, -0.2) is 58.7 Å². The van der Waals surface area contributed by atoms with Gasteiger partial charge in [-0.3, -0.25) is 0 Å². The van der Waals surface area contributed by atoms with Crippen LogP contribution < -0.4 is 9.47 Å². The number of rotatable bonds is 27. The van der Waals surface area contributed by atoms with Gasteiger partial charge in [0.15, 0.2) is 74.2 Å². The lowest BCUT2D eigenvalue weighted by molar-refractivity contribution is 0.0429. The number of aromatic nitrogens is 12. The third-order valence-corrected chi connectivity index (χ3v) is 22.9. The second-order valence-corrected chi connectivity index (χ2v) is 34.7. The fourth-order valence-electron chi connectivity index (χ4n) is 13.6. The summed E-state index contributed by atoms with van der Waals surface area (Å²) in [5.74, 6) is 0.699. The third-order valence-electron chi connectivity index (χ3n) is 21.1. The molecule has 18 aromatic rings. The predicted octanol–water partition coefficient (Wildman–Crippen LogP) is 25.6. The molecule has 0 aliphatic heterocycles. The molecule has 0 amide bonds. The number of hydrogen-bond donors (Lipinski definition) is 0. The molecule has 0 fully saturated rings. The van der Waals surface area contributed by atoms with Gasteiger partial charge in [0.25, 0.3) is 0 Å². The molecule has 12 heterocycles. The Kier molecular flexibility index (Phi) is 38.1. The van der Waals surface area contributed by atoms with Gasteiger partial charge in [-0.2, -0.15) is 0 Å². The van der Waals surface area contributed by atoms with Crippen molar-refractivity contribution in [1.29, 1.82) is 0 Å². The minimum absolute atomic E-state index is 0.0237. The van der Waals surface area contributed by atoms with Crippen molar-refractivity contribution in [3.8, 4) is 79.0 Å². The fraction of sp³-hybridized carbons (Fsp3) is 0.167. The lowest BCUT2D eigenvalue weighted by Crippen LogP contribution is -2.10. The molecule has 0 bridgehead atoms.